The van der Waals surface area contributed by atoms with Crippen molar-refractivity contribution >= 4 is 15.9 Å². The van der Waals surface area contributed by atoms with Crippen LogP contribution in [0.1, 0.15) is 18.4 Å². The van der Waals surface area contributed by atoms with Gasteiger partial charge in [-0.05, 0) is 31.0 Å². The van der Waals surface area contributed by atoms with Crippen LogP contribution >= 0.6 is 0 Å². The molecule has 2 rings (SSSR count). The first kappa shape index (κ1) is 18.5. The SMILES string of the molecule is C=CCN(CC(=O)NC1CC1)S(=O)(=O)c1cccc(C(F)(F)F)c1. The highest BCUT2D eigenvalue weighted by atomic mass is 32.2. The van der Waals surface area contributed by atoms with E-state index in [4.69, 9.17) is 0 Å². The second kappa shape index (κ2) is 6.94. The zero-order chi connectivity index (χ0) is 18.0. The lowest BCUT2D eigenvalue weighted by atomic mass is 10.2. The summed E-state index contributed by atoms with van der Waals surface area (Å²) in [5.74, 6) is -0.491. The molecule has 0 heterocycles. The van der Waals surface area contributed by atoms with Crippen LogP contribution in [-0.2, 0) is 21.0 Å². The molecule has 0 saturated heterocycles. The van der Waals surface area contributed by atoms with Crippen LogP contribution in [0.2, 0.25) is 0 Å². The summed E-state index contributed by atoms with van der Waals surface area (Å²) in [7, 11) is -4.26. The van der Waals surface area contributed by atoms with Gasteiger partial charge in [-0.1, -0.05) is 12.1 Å². The van der Waals surface area contributed by atoms with Crippen molar-refractivity contribution in [3.05, 3.63) is 42.5 Å². The van der Waals surface area contributed by atoms with E-state index in [1.54, 1.807) is 0 Å². The molecule has 0 atom stereocenters. The van der Waals surface area contributed by atoms with Crippen LogP contribution in [0.3, 0.4) is 0 Å². The fraction of sp³-hybridized carbons (Fsp3) is 0.400. The Morgan fingerprint density at radius 2 is 2.04 bits per heavy atom. The van der Waals surface area contributed by atoms with Crippen LogP contribution < -0.4 is 5.32 Å². The molecule has 0 radical (unpaired) electrons. The highest BCUT2D eigenvalue weighted by Crippen LogP contribution is 2.31. The number of halogens is 3. The zero-order valence-electron chi connectivity index (χ0n) is 12.7. The number of hydrogen-bond acceptors (Lipinski definition) is 3. The van der Waals surface area contributed by atoms with Crippen LogP contribution in [-0.4, -0.2) is 37.8 Å². The van der Waals surface area contributed by atoms with Gasteiger partial charge in [0.05, 0.1) is 17.0 Å². The number of amides is 1. The van der Waals surface area contributed by atoms with Crippen molar-refractivity contribution in [3.63, 3.8) is 0 Å². The van der Waals surface area contributed by atoms with Gasteiger partial charge in [-0.2, -0.15) is 17.5 Å². The third-order valence-electron chi connectivity index (χ3n) is 3.39. The number of hydrogen-bond donors (Lipinski definition) is 1. The number of nitrogens with zero attached hydrogens (tertiary/aromatic N) is 1. The molecule has 0 bridgehead atoms. The lowest BCUT2D eigenvalue weighted by molar-refractivity contribution is -0.137. The standard InChI is InChI=1S/C15H17F3N2O3S/c1-2-8-20(10-14(21)19-12-6-7-12)24(22,23)13-5-3-4-11(9-13)15(16,17)18/h2-5,9,12H,1,6-8,10H2,(H,19,21). The molecule has 1 amide bonds. The van der Waals surface area contributed by atoms with Gasteiger partial charge in [-0.25, -0.2) is 8.42 Å². The maximum absolute atomic E-state index is 12.8. The maximum atomic E-state index is 12.8. The van der Waals surface area contributed by atoms with E-state index in [1.807, 2.05) is 0 Å². The lowest BCUT2D eigenvalue weighted by Gasteiger charge is -2.21. The molecule has 1 N–H and O–H groups in total. The van der Waals surface area contributed by atoms with E-state index >= 15 is 0 Å². The second-order valence-electron chi connectivity index (χ2n) is 5.45. The number of benzene rings is 1. The van der Waals surface area contributed by atoms with Crippen molar-refractivity contribution < 1.29 is 26.4 Å². The summed E-state index contributed by atoms with van der Waals surface area (Å²) < 4.78 is 64.3. The highest BCUT2D eigenvalue weighted by molar-refractivity contribution is 7.89. The van der Waals surface area contributed by atoms with E-state index in [-0.39, 0.29) is 12.6 Å². The summed E-state index contributed by atoms with van der Waals surface area (Å²) in [5, 5.41) is 2.64. The van der Waals surface area contributed by atoms with E-state index in [1.165, 1.54) is 6.08 Å². The second-order valence-corrected chi connectivity index (χ2v) is 7.39. The maximum Gasteiger partial charge on any atom is 0.416 e. The summed E-state index contributed by atoms with van der Waals surface area (Å²) in [6.45, 7) is 2.77. The quantitative estimate of drug-likeness (QED) is 0.756. The average molecular weight is 362 g/mol. The fourth-order valence-electron chi connectivity index (χ4n) is 2.03. The average Bonchev–Trinajstić information content (AvgIpc) is 3.30. The van der Waals surface area contributed by atoms with E-state index in [2.05, 4.69) is 11.9 Å². The molecule has 1 fully saturated rings. The summed E-state index contributed by atoms with van der Waals surface area (Å²) in [6, 6.07) is 3.49. The predicted molar refractivity (Wildman–Crippen MR) is 81.6 cm³/mol. The number of carbonyl (C=O) groups excluding carboxylic acids is 1. The van der Waals surface area contributed by atoms with Crippen LogP contribution in [0.4, 0.5) is 13.2 Å². The van der Waals surface area contributed by atoms with Gasteiger partial charge in [-0.15, -0.1) is 6.58 Å². The minimum Gasteiger partial charge on any atom is -0.352 e. The van der Waals surface area contributed by atoms with Crippen molar-refractivity contribution in [2.45, 2.75) is 30.0 Å². The summed E-state index contributed by atoms with van der Waals surface area (Å²) in [6.07, 6.45) is -1.70. The van der Waals surface area contributed by atoms with Gasteiger partial charge in [-0.3, -0.25) is 4.79 Å². The summed E-state index contributed by atoms with van der Waals surface area (Å²) >= 11 is 0. The molecule has 0 aliphatic heterocycles. The Labute approximate surface area is 138 Å². The predicted octanol–water partition coefficient (Wildman–Crippen LogP) is 2.16. The first-order valence-corrected chi connectivity index (χ1v) is 8.66. The molecular weight excluding hydrogens is 345 g/mol. The van der Waals surface area contributed by atoms with Crippen LogP contribution in [0, 0.1) is 0 Å². The number of rotatable bonds is 7. The van der Waals surface area contributed by atoms with Crippen LogP contribution in [0.15, 0.2) is 41.8 Å². The third-order valence-corrected chi connectivity index (χ3v) is 5.20. The number of nitrogens with one attached hydrogen (secondary N) is 1. The first-order valence-electron chi connectivity index (χ1n) is 7.22. The molecule has 9 heteroatoms. The van der Waals surface area contributed by atoms with Gasteiger partial charge in [0, 0.05) is 12.6 Å². The van der Waals surface area contributed by atoms with Crippen LogP contribution in [0.5, 0.6) is 0 Å². The Kier molecular flexibility index (Phi) is 5.34. The molecule has 1 aliphatic carbocycles. The molecule has 1 aliphatic rings. The van der Waals surface area contributed by atoms with E-state index in [0.717, 1.165) is 35.3 Å². The van der Waals surface area contributed by atoms with Crippen molar-refractivity contribution in [2.24, 2.45) is 0 Å². The summed E-state index contributed by atoms with van der Waals surface area (Å²) in [5.41, 5.74) is -1.07. The largest absolute Gasteiger partial charge is 0.416 e. The third kappa shape index (κ3) is 4.57. The number of alkyl halides is 3. The molecule has 1 saturated carbocycles. The van der Waals surface area contributed by atoms with Crippen molar-refractivity contribution in [3.8, 4) is 0 Å². The minimum absolute atomic E-state index is 0.0549. The molecule has 0 unspecified atom stereocenters. The smallest absolute Gasteiger partial charge is 0.352 e. The molecular formula is C15H17F3N2O3S. The van der Waals surface area contributed by atoms with E-state index in [9.17, 15) is 26.4 Å². The molecule has 1 aromatic rings. The van der Waals surface area contributed by atoms with E-state index < -0.39 is 39.1 Å². The van der Waals surface area contributed by atoms with Gasteiger partial charge >= 0.3 is 6.18 Å². The van der Waals surface area contributed by atoms with Gasteiger partial charge in [0.15, 0.2) is 0 Å². The topological polar surface area (TPSA) is 66.5 Å². The Bertz CT molecular complexity index is 728. The number of carbonyl (C=O) groups is 1. The van der Waals surface area contributed by atoms with Crippen molar-refractivity contribution in [1.82, 2.24) is 9.62 Å². The number of sulfonamides is 1. The Hall–Kier alpha value is -1.87. The van der Waals surface area contributed by atoms with Gasteiger partial charge in [0.1, 0.15) is 0 Å². The molecule has 0 aromatic heterocycles. The summed E-state index contributed by atoms with van der Waals surface area (Å²) in [4.78, 5) is 11.3. The normalized spacial score (nSPS) is 15.3. The van der Waals surface area contributed by atoms with Gasteiger partial charge < -0.3 is 5.32 Å². The molecule has 0 spiro atoms. The van der Waals surface area contributed by atoms with Gasteiger partial charge in [0.2, 0.25) is 15.9 Å². The Morgan fingerprint density at radius 3 is 2.58 bits per heavy atom. The molecule has 132 valence electrons. The zero-order valence-corrected chi connectivity index (χ0v) is 13.5. The highest BCUT2D eigenvalue weighted by Gasteiger charge is 2.33. The molecule has 1 aromatic carbocycles. The Morgan fingerprint density at radius 1 is 1.38 bits per heavy atom. The minimum atomic E-state index is -4.65. The monoisotopic (exact) mass is 362 g/mol. The van der Waals surface area contributed by atoms with Crippen molar-refractivity contribution in [2.75, 3.05) is 13.1 Å². The first-order chi connectivity index (χ1) is 11.1. The van der Waals surface area contributed by atoms with Gasteiger partial charge in [0.25, 0.3) is 0 Å². The Balaban J connectivity index is 2.26. The molecule has 5 nitrogen and oxygen atoms in total. The van der Waals surface area contributed by atoms with Crippen molar-refractivity contribution in [1.29, 1.82) is 0 Å². The lowest BCUT2D eigenvalue weighted by Crippen LogP contribution is -2.41. The van der Waals surface area contributed by atoms with E-state index in [0.29, 0.717) is 6.07 Å². The molecule has 24 heavy (non-hydrogen) atoms. The van der Waals surface area contributed by atoms with Crippen LogP contribution in [0.25, 0.3) is 0 Å². The fourth-order valence-corrected chi connectivity index (χ4v) is 3.45.